The second-order valence-corrected chi connectivity index (χ2v) is 9.30. The molecule has 2 heterocycles. The fraction of sp³-hybridized carbons (Fsp3) is 0.310. The molecule has 1 saturated heterocycles. The molecule has 3 aromatic carbocycles. The summed E-state index contributed by atoms with van der Waals surface area (Å²) in [5.41, 5.74) is 2.91. The first-order valence-corrected chi connectivity index (χ1v) is 12.5. The topological polar surface area (TPSA) is 78.0 Å². The molecule has 4 amide bonds. The Hall–Kier alpha value is -4.00. The zero-order chi connectivity index (χ0) is 25.2. The van der Waals surface area contributed by atoms with E-state index in [1.165, 1.54) is 10.5 Å². The van der Waals surface area contributed by atoms with E-state index >= 15 is 0 Å². The number of hydrogen-bond donors (Lipinski definition) is 0. The average Bonchev–Trinajstić information content (AvgIpc) is 2.93. The second-order valence-electron chi connectivity index (χ2n) is 9.30. The second kappa shape index (κ2) is 9.93. The van der Waals surface area contributed by atoms with Crippen LogP contribution in [0.1, 0.15) is 56.4 Å². The van der Waals surface area contributed by atoms with Crippen LogP contribution in [0.15, 0.2) is 60.7 Å². The lowest BCUT2D eigenvalue weighted by Crippen LogP contribution is -2.50. The standard InChI is InChI=1S/C29H29N3O4/c1-2-20-11-13-22(14-12-20)27(34)31-18-16-30(17-19-31)25(33)10-5-15-32-28(35)23-8-3-6-21-7-4-9-24(26(21)23)29(32)36/h3-4,6-9,11-14H,2,5,10,15-19H2,1H3. The summed E-state index contributed by atoms with van der Waals surface area (Å²) < 4.78 is 0. The number of carbonyl (C=O) groups is 4. The minimum atomic E-state index is -0.309. The van der Waals surface area contributed by atoms with Gasteiger partial charge in [0.25, 0.3) is 17.7 Å². The van der Waals surface area contributed by atoms with Gasteiger partial charge in [0.1, 0.15) is 0 Å². The van der Waals surface area contributed by atoms with Gasteiger partial charge in [0.05, 0.1) is 0 Å². The molecule has 0 atom stereocenters. The number of nitrogens with zero attached hydrogens (tertiary/aromatic N) is 3. The van der Waals surface area contributed by atoms with Crippen LogP contribution in [0.25, 0.3) is 10.8 Å². The fourth-order valence-corrected chi connectivity index (χ4v) is 5.05. The number of hydrogen-bond acceptors (Lipinski definition) is 4. The molecule has 2 aliphatic rings. The summed E-state index contributed by atoms with van der Waals surface area (Å²) >= 11 is 0. The van der Waals surface area contributed by atoms with Crippen molar-refractivity contribution in [3.63, 3.8) is 0 Å². The third kappa shape index (κ3) is 4.37. The van der Waals surface area contributed by atoms with Crippen molar-refractivity contribution in [1.82, 2.24) is 14.7 Å². The number of aryl methyl sites for hydroxylation is 1. The van der Waals surface area contributed by atoms with Gasteiger partial charge in [0, 0.05) is 61.2 Å². The lowest BCUT2D eigenvalue weighted by molar-refractivity contribution is -0.132. The maximum Gasteiger partial charge on any atom is 0.261 e. The van der Waals surface area contributed by atoms with Crippen molar-refractivity contribution in [2.45, 2.75) is 26.2 Å². The van der Waals surface area contributed by atoms with Gasteiger partial charge in [-0.25, -0.2) is 0 Å². The van der Waals surface area contributed by atoms with Gasteiger partial charge >= 0.3 is 0 Å². The summed E-state index contributed by atoms with van der Waals surface area (Å²) in [6, 6.07) is 18.6. The highest BCUT2D eigenvalue weighted by molar-refractivity contribution is 6.25. The number of rotatable bonds is 6. The van der Waals surface area contributed by atoms with E-state index in [0.717, 1.165) is 11.8 Å². The van der Waals surface area contributed by atoms with Gasteiger partial charge in [0.2, 0.25) is 5.91 Å². The Morgan fingerprint density at radius 2 is 1.36 bits per heavy atom. The summed E-state index contributed by atoms with van der Waals surface area (Å²) in [7, 11) is 0. The zero-order valence-electron chi connectivity index (χ0n) is 20.4. The van der Waals surface area contributed by atoms with Gasteiger partial charge in [0.15, 0.2) is 0 Å². The molecule has 2 aliphatic heterocycles. The first kappa shape index (κ1) is 23.7. The minimum Gasteiger partial charge on any atom is -0.339 e. The van der Waals surface area contributed by atoms with Crippen molar-refractivity contribution in [2.24, 2.45) is 0 Å². The molecular weight excluding hydrogens is 454 g/mol. The van der Waals surface area contributed by atoms with Crippen LogP contribution < -0.4 is 0 Å². The van der Waals surface area contributed by atoms with E-state index in [-0.39, 0.29) is 36.6 Å². The smallest absolute Gasteiger partial charge is 0.261 e. The van der Waals surface area contributed by atoms with Crippen LogP contribution in [0, 0.1) is 0 Å². The Bertz CT molecular complexity index is 1290. The molecule has 7 nitrogen and oxygen atoms in total. The highest BCUT2D eigenvalue weighted by Crippen LogP contribution is 2.30. The van der Waals surface area contributed by atoms with Gasteiger partial charge in [-0.2, -0.15) is 0 Å². The van der Waals surface area contributed by atoms with Crippen LogP contribution >= 0.6 is 0 Å². The number of amides is 4. The highest BCUT2D eigenvalue weighted by atomic mass is 16.2. The quantitative estimate of drug-likeness (QED) is 0.500. The maximum atomic E-state index is 13.0. The van der Waals surface area contributed by atoms with Crippen LogP contribution in [0.3, 0.4) is 0 Å². The molecule has 3 aromatic rings. The molecule has 0 aliphatic carbocycles. The third-order valence-electron chi connectivity index (χ3n) is 7.16. The van der Waals surface area contributed by atoms with Gasteiger partial charge in [-0.3, -0.25) is 24.1 Å². The van der Waals surface area contributed by atoms with Gasteiger partial charge in [-0.1, -0.05) is 43.3 Å². The van der Waals surface area contributed by atoms with Gasteiger partial charge in [-0.05, 0) is 48.1 Å². The van der Waals surface area contributed by atoms with E-state index in [2.05, 4.69) is 6.92 Å². The maximum absolute atomic E-state index is 13.0. The molecule has 184 valence electrons. The average molecular weight is 484 g/mol. The summed E-state index contributed by atoms with van der Waals surface area (Å²) in [5.74, 6) is -0.650. The van der Waals surface area contributed by atoms with Crippen molar-refractivity contribution in [3.8, 4) is 0 Å². The number of benzene rings is 3. The molecule has 0 bridgehead atoms. The molecule has 0 saturated carbocycles. The van der Waals surface area contributed by atoms with Crippen LogP contribution in [0.5, 0.6) is 0 Å². The third-order valence-corrected chi connectivity index (χ3v) is 7.16. The highest BCUT2D eigenvalue weighted by Gasteiger charge is 2.32. The van der Waals surface area contributed by atoms with E-state index in [0.29, 0.717) is 54.7 Å². The number of piperazine rings is 1. The van der Waals surface area contributed by atoms with Crippen molar-refractivity contribution in [1.29, 1.82) is 0 Å². The van der Waals surface area contributed by atoms with Crippen LogP contribution in [-0.4, -0.2) is 71.1 Å². The molecule has 0 spiro atoms. The Balaban J connectivity index is 1.14. The van der Waals surface area contributed by atoms with Crippen molar-refractivity contribution < 1.29 is 19.2 Å². The summed E-state index contributed by atoms with van der Waals surface area (Å²) in [6.07, 6.45) is 1.57. The molecule has 0 radical (unpaired) electrons. The predicted molar refractivity (Wildman–Crippen MR) is 137 cm³/mol. The van der Waals surface area contributed by atoms with Gasteiger partial charge < -0.3 is 9.80 Å². The minimum absolute atomic E-state index is 0.0119. The molecule has 5 rings (SSSR count). The Kier molecular flexibility index (Phi) is 6.55. The Morgan fingerprint density at radius 3 is 1.94 bits per heavy atom. The predicted octanol–water partition coefficient (Wildman–Crippen LogP) is 3.76. The van der Waals surface area contributed by atoms with Crippen molar-refractivity contribution in [3.05, 3.63) is 82.9 Å². The SMILES string of the molecule is CCc1ccc(C(=O)N2CCN(C(=O)CCCN3C(=O)c4cccc5cccc(c45)C3=O)CC2)cc1. The molecule has 0 aromatic heterocycles. The van der Waals surface area contributed by atoms with E-state index in [1.54, 1.807) is 21.9 Å². The van der Waals surface area contributed by atoms with Crippen LogP contribution in [-0.2, 0) is 11.2 Å². The van der Waals surface area contributed by atoms with Crippen molar-refractivity contribution in [2.75, 3.05) is 32.7 Å². The lowest BCUT2D eigenvalue weighted by atomic mass is 9.94. The molecule has 36 heavy (non-hydrogen) atoms. The van der Waals surface area contributed by atoms with Gasteiger partial charge in [-0.15, -0.1) is 0 Å². The van der Waals surface area contributed by atoms with E-state index in [4.69, 9.17) is 0 Å². The normalized spacial score (nSPS) is 15.5. The zero-order valence-corrected chi connectivity index (χ0v) is 20.4. The molecule has 1 fully saturated rings. The molecule has 0 N–H and O–H groups in total. The molecule has 0 unspecified atom stereocenters. The first-order valence-electron chi connectivity index (χ1n) is 12.5. The summed E-state index contributed by atoms with van der Waals surface area (Å²) in [5, 5.41) is 1.58. The summed E-state index contributed by atoms with van der Waals surface area (Å²) in [4.78, 5) is 56.4. The first-order chi connectivity index (χ1) is 17.5. The van der Waals surface area contributed by atoms with Crippen molar-refractivity contribution >= 4 is 34.4 Å². The molecule has 7 heteroatoms. The van der Waals surface area contributed by atoms with E-state index in [1.807, 2.05) is 48.5 Å². The van der Waals surface area contributed by atoms with E-state index < -0.39 is 0 Å². The van der Waals surface area contributed by atoms with Crippen LogP contribution in [0.2, 0.25) is 0 Å². The van der Waals surface area contributed by atoms with E-state index in [9.17, 15) is 19.2 Å². The number of carbonyl (C=O) groups excluding carboxylic acids is 4. The Labute approximate surface area is 210 Å². The molecular formula is C29H29N3O4. The monoisotopic (exact) mass is 483 g/mol. The number of imide groups is 1. The lowest BCUT2D eigenvalue weighted by Gasteiger charge is -2.35. The fourth-order valence-electron chi connectivity index (χ4n) is 5.05. The summed E-state index contributed by atoms with van der Waals surface area (Å²) in [6.45, 7) is 4.21. The Morgan fingerprint density at radius 1 is 0.778 bits per heavy atom. The largest absolute Gasteiger partial charge is 0.339 e. The van der Waals surface area contributed by atoms with Crippen LogP contribution in [0.4, 0.5) is 0 Å².